The molecule has 0 saturated carbocycles. The van der Waals surface area contributed by atoms with Gasteiger partial charge < -0.3 is 20.4 Å². The summed E-state index contributed by atoms with van der Waals surface area (Å²) in [7, 11) is 1.90. The monoisotopic (exact) mass is 543 g/mol. The van der Waals surface area contributed by atoms with Crippen LogP contribution in [0.3, 0.4) is 0 Å². The van der Waals surface area contributed by atoms with Gasteiger partial charge in [0.05, 0.1) is 36.7 Å². The van der Waals surface area contributed by atoms with E-state index in [-0.39, 0.29) is 5.91 Å². The fourth-order valence-corrected chi connectivity index (χ4v) is 5.74. The van der Waals surface area contributed by atoms with Crippen LogP contribution in [-0.2, 0) is 16.6 Å². The minimum atomic E-state index is 0.00355. The van der Waals surface area contributed by atoms with Crippen LogP contribution in [0.5, 0.6) is 0 Å². The first-order valence-corrected chi connectivity index (χ1v) is 14.0. The second-order valence-electron chi connectivity index (χ2n) is 10.8. The van der Waals surface area contributed by atoms with Crippen molar-refractivity contribution >= 4 is 34.3 Å². The molecule has 1 amide bonds. The SMILES string of the molecule is Cc1cnc(Nc2cc(C)n(C)n2)nc1-c1c[nH]c2c(NC(=O)CN3CCC(N4CCOCC4)CC3)cccc12. The number of carbonyl (C=O) groups is 1. The summed E-state index contributed by atoms with van der Waals surface area (Å²) in [5.74, 6) is 1.18. The quantitative estimate of drug-likeness (QED) is 0.325. The summed E-state index contributed by atoms with van der Waals surface area (Å²) >= 11 is 0. The fourth-order valence-electron chi connectivity index (χ4n) is 5.74. The summed E-state index contributed by atoms with van der Waals surface area (Å²) < 4.78 is 7.30. The highest BCUT2D eigenvalue weighted by Crippen LogP contribution is 2.33. The summed E-state index contributed by atoms with van der Waals surface area (Å²) in [6.45, 7) is 9.96. The maximum absolute atomic E-state index is 13.1. The lowest BCUT2D eigenvalue weighted by atomic mass is 10.0. The van der Waals surface area contributed by atoms with Gasteiger partial charge in [-0.3, -0.25) is 19.3 Å². The third-order valence-corrected chi connectivity index (χ3v) is 8.06. The number of piperidine rings is 1. The number of ether oxygens (including phenoxy) is 1. The van der Waals surface area contributed by atoms with Gasteiger partial charge in [0.15, 0.2) is 5.82 Å². The van der Waals surface area contributed by atoms with Gasteiger partial charge >= 0.3 is 0 Å². The van der Waals surface area contributed by atoms with Crippen molar-refractivity contribution in [3.05, 3.63) is 47.9 Å². The van der Waals surface area contributed by atoms with E-state index in [4.69, 9.17) is 9.72 Å². The number of hydrogen-bond donors (Lipinski definition) is 3. The summed E-state index contributed by atoms with van der Waals surface area (Å²) in [4.78, 5) is 30.5. The fraction of sp³-hybridized carbons (Fsp3) is 0.448. The van der Waals surface area contributed by atoms with E-state index in [9.17, 15) is 4.79 Å². The van der Waals surface area contributed by atoms with E-state index in [1.165, 1.54) is 0 Å². The predicted octanol–water partition coefficient (Wildman–Crippen LogP) is 3.45. The third kappa shape index (κ3) is 5.58. The van der Waals surface area contributed by atoms with Crippen LogP contribution in [-0.4, -0.2) is 92.4 Å². The van der Waals surface area contributed by atoms with Crippen LogP contribution in [0, 0.1) is 13.8 Å². The second-order valence-corrected chi connectivity index (χ2v) is 10.8. The molecule has 210 valence electrons. The van der Waals surface area contributed by atoms with Crippen molar-refractivity contribution in [1.82, 2.24) is 34.5 Å². The Morgan fingerprint density at radius 1 is 1.15 bits per heavy atom. The average molecular weight is 544 g/mol. The van der Waals surface area contributed by atoms with Gasteiger partial charge in [-0.15, -0.1) is 0 Å². The Morgan fingerprint density at radius 2 is 1.95 bits per heavy atom. The number of aromatic amines is 1. The molecule has 0 aliphatic carbocycles. The van der Waals surface area contributed by atoms with Crippen LogP contribution in [0.1, 0.15) is 24.1 Å². The van der Waals surface area contributed by atoms with Crippen molar-refractivity contribution in [3.63, 3.8) is 0 Å². The first-order valence-electron chi connectivity index (χ1n) is 14.0. The number of morpholine rings is 1. The largest absolute Gasteiger partial charge is 0.379 e. The highest BCUT2D eigenvalue weighted by Gasteiger charge is 2.26. The second kappa shape index (κ2) is 11.4. The molecule has 0 radical (unpaired) electrons. The number of nitrogens with zero attached hydrogens (tertiary/aromatic N) is 6. The van der Waals surface area contributed by atoms with Gasteiger partial charge in [-0.25, -0.2) is 9.97 Å². The molecule has 0 spiro atoms. The van der Waals surface area contributed by atoms with Crippen molar-refractivity contribution in [2.45, 2.75) is 32.7 Å². The minimum absolute atomic E-state index is 0.00355. The molecule has 3 aromatic heterocycles. The van der Waals surface area contributed by atoms with E-state index in [0.29, 0.717) is 24.4 Å². The maximum Gasteiger partial charge on any atom is 0.238 e. The number of amides is 1. The number of anilines is 3. The summed E-state index contributed by atoms with van der Waals surface area (Å²) in [6.07, 6.45) is 5.95. The predicted molar refractivity (Wildman–Crippen MR) is 156 cm³/mol. The Morgan fingerprint density at radius 3 is 2.70 bits per heavy atom. The molecule has 2 aliphatic rings. The Balaban J connectivity index is 1.13. The molecule has 1 aromatic carbocycles. The number of H-pyrrole nitrogens is 1. The molecule has 2 saturated heterocycles. The lowest BCUT2D eigenvalue weighted by Gasteiger charge is -2.39. The molecule has 4 aromatic rings. The minimum Gasteiger partial charge on any atom is -0.379 e. The van der Waals surface area contributed by atoms with E-state index in [1.54, 1.807) is 4.68 Å². The number of nitrogens with one attached hydrogen (secondary N) is 3. The molecule has 2 fully saturated rings. The van der Waals surface area contributed by atoms with E-state index < -0.39 is 0 Å². The van der Waals surface area contributed by atoms with Crippen LogP contribution in [0.2, 0.25) is 0 Å². The lowest BCUT2D eigenvalue weighted by molar-refractivity contribution is -0.117. The molecule has 5 heterocycles. The van der Waals surface area contributed by atoms with Gasteiger partial charge in [0.25, 0.3) is 0 Å². The first kappa shape index (κ1) is 26.4. The highest BCUT2D eigenvalue weighted by molar-refractivity contribution is 6.06. The Bertz CT molecular complexity index is 1480. The molecule has 11 heteroatoms. The molecular weight excluding hydrogens is 506 g/mol. The van der Waals surface area contributed by atoms with Crippen LogP contribution >= 0.6 is 0 Å². The van der Waals surface area contributed by atoms with Crippen LogP contribution in [0.4, 0.5) is 17.5 Å². The van der Waals surface area contributed by atoms with Crippen molar-refractivity contribution < 1.29 is 9.53 Å². The third-order valence-electron chi connectivity index (χ3n) is 8.06. The standard InChI is InChI=1S/C29H37N9O2/c1-19-16-31-29(33-25-15-20(2)36(3)35-25)34-27(19)23-17-30-28-22(23)5-4-6-24(28)32-26(39)18-37-9-7-21(8-10-37)38-11-13-40-14-12-38/h4-6,15-17,21,30H,7-14,18H2,1-3H3,(H,32,39)(H,31,33,34,35). The van der Waals surface area contributed by atoms with Crippen LogP contribution < -0.4 is 10.6 Å². The molecule has 6 rings (SSSR count). The zero-order chi connectivity index (χ0) is 27.6. The topological polar surface area (TPSA) is 116 Å². The van der Waals surface area contributed by atoms with Crippen molar-refractivity contribution in [2.24, 2.45) is 7.05 Å². The molecule has 3 N–H and O–H groups in total. The Labute approximate surface area is 233 Å². The van der Waals surface area contributed by atoms with E-state index in [2.05, 4.69) is 35.5 Å². The van der Waals surface area contributed by atoms with Gasteiger partial charge in [0.2, 0.25) is 11.9 Å². The number of aromatic nitrogens is 5. The van der Waals surface area contributed by atoms with Crippen molar-refractivity contribution in [1.29, 1.82) is 0 Å². The normalized spacial score (nSPS) is 17.4. The molecule has 2 aliphatic heterocycles. The first-order chi connectivity index (χ1) is 19.4. The number of fused-ring (bicyclic) bond motifs is 1. The van der Waals surface area contributed by atoms with E-state index >= 15 is 0 Å². The number of aryl methyl sites for hydroxylation is 3. The van der Waals surface area contributed by atoms with Crippen LogP contribution in [0.25, 0.3) is 22.2 Å². The number of likely N-dealkylation sites (tertiary alicyclic amines) is 1. The molecular formula is C29H37N9O2. The molecule has 0 atom stereocenters. The zero-order valence-corrected chi connectivity index (χ0v) is 23.4. The molecule has 0 bridgehead atoms. The van der Waals surface area contributed by atoms with E-state index in [1.807, 2.05) is 57.6 Å². The number of para-hydroxylation sites is 1. The smallest absolute Gasteiger partial charge is 0.238 e. The van der Waals surface area contributed by atoms with Crippen molar-refractivity contribution in [2.75, 3.05) is 56.6 Å². The van der Waals surface area contributed by atoms with Gasteiger partial charge in [-0.2, -0.15) is 5.10 Å². The zero-order valence-electron chi connectivity index (χ0n) is 23.4. The number of benzene rings is 1. The van der Waals surface area contributed by atoms with Crippen molar-refractivity contribution in [3.8, 4) is 11.3 Å². The average Bonchev–Trinajstić information content (AvgIpc) is 3.53. The Kier molecular flexibility index (Phi) is 7.50. The number of rotatable bonds is 7. The summed E-state index contributed by atoms with van der Waals surface area (Å²) in [5, 5.41) is 11.8. The number of hydrogen-bond acceptors (Lipinski definition) is 8. The molecule has 11 nitrogen and oxygen atoms in total. The summed E-state index contributed by atoms with van der Waals surface area (Å²) in [5.41, 5.74) is 5.42. The maximum atomic E-state index is 13.1. The summed E-state index contributed by atoms with van der Waals surface area (Å²) in [6, 6.07) is 8.51. The van der Waals surface area contributed by atoms with Gasteiger partial charge in [0.1, 0.15) is 0 Å². The lowest BCUT2D eigenvalue weighted by Crippen LogP contribution is -2.50. The Hall–Kier alpha value is -3.80. The van der Waals surface area contributed by atoms with Gasteiger partial charge in [-0.1, -0.05) is 12.1 Å². The van der Waals surface area contributed by atoms with Gasteiger partial charge in [-0.05, 0) is 38.3 Å². The molecule has 40 heavy (non-hydrogen) atoms. The number of carbonyl (C=O) groups excluding carboxylic acids is 1. The van der Waals surface area contributed by atoms with Crippen LogP contribution in [0.15, 0.2) is 36.7 Å². The highest BCUT2D eigenvalue weighted by atomic mass is 16.5. The molecule has 0 unspecified atom stereocenters. The van der Waals surface area contributed by atoms with Gasteiger partial charge in [0, 0.05) is 74.4 Å². The van der Waals surface area contributed by atoms with E-state index in [0.717, 1.165) is 91.3 Å².